The SMILES string of the molecule is C[C@@H]1CCc2onc(CN)c2C1. The van der Waals surface area contributed by atoms with Crippen molar-refractivity contribution in [3.8, 4) is 0 Å². The molecule has 2 N–H and O–H groups in total. The highest BCUT2D eigenvalue weighted by atomic mass is 16.5. The second kappa shape index (κ2) is 2.90. The highest BCUT2D eigenvalue weighted by Gasteiger charge is 2.22. The third-order valence-corrected chi connectivity index (χ3v) is 2.56. The summed E-state index contributed by atoms with van der Waals surface area (Å²) < 4.78 is 5.20. The van der Waals surface area contributed by atoms with Crippen molar-refractivity contribution >= 4 is 0 Å². The molecule has 0 saturated carbocycles. The zero-order valence-electron chi connectivity index (χ0n) is 7.34. The van der Waals surface area contributed by atoms with Crippen LogP contribution in [-0.4, -0.2) is 5.16 Å². The Kier molecular flexibility index (Phi) is 1.89. The van der Waals surface area contributed by atoms with E-state index in [2.05, 4.69) is 12.1 Å². The Labute approximate surface area is 71.9 Å². The second-order valence-electron chi connectivity index (χ2n) is 3.58. The summed E-state index contributed by atoms with van der Waals surface area (Å²) in [5.74, 6) is 1.82. The first-order chi connectivity index (χ1) is 5.81. The van der Waals surface area contributed by atoms with E-state index in [4.69, 9.17) is 10.3 Å². The predicted octanol–water partition coefficient (Wildman–Crippen LogP) is 1.26. The number of hydrogen-bond donors (Lipinski definition) is 1. The molecule has 0 saturated heterocycles. The molecular formula is C9H14N2O. The van der Waals surface area contributed by atoms with E-state index in [-0.39, 0.29) is 0 Å². The van der Waals surface area contributed by atoms with Crippen LogP contribution in [0.2, 0.25) is 0 Å². The van der Waals surface area contributed by atoms with E-state index < -0.39 is 0 Å². The lowest BCUT2D eigenvalue weighted by Gasteiger charge is -2.16. The van der Waals surface area contributed by atoms with Crippen LogP contribution in [0.15, 0.2) is 4.52 Å². The van der Waals surface area contributed by atoms with Gasteiger partial charge in [0.25, 0.3) is 0 Å². The summed E-state index contributed by atoms with van der Waals surface area (Å²) in [5.41, 5.74) is 7.77. The van der Waals surface area contributed by atoms with Crippen LogP contribution in [0.1, 0.15) is 30.4 Å². The minimum Gasteiger partial charge on any atom is -0.361 e. The van der Waals surface area contributed by atoms with Gasteiger partial charge in [-0.2, -0.15) is 0 Å². The maximum atomic E-state index is 5.54. The molecule has 0 aliphatic heterocycles. The fourth-order valence-electron chi connectivity index (χ4n) is 1.80. The lowest BCUT2D eigenvalue weighted by atomic mass is 9.88. The zero-order chi connectivity index (χ0) is 8.55. The molecule has 0 radical (unpaired) electrons. The fraction of sp³-hybridized carbons (Fsp3) is 0.667. The number of nitrogens with zero attached hydrogens (tertiary/aromatic N) is 1. The molecule has 12 heavy (non-hydrogen) atoms. The molecule has 0 aromatic carbocycles. The first-order valence-corrected chi connectivity index (χ1v) is 4.47. The van der Waals surface area contributed by atoms with E-state index in [0.717, 1.165) is 30.2 Å². The predicted molar refractivity (Wildman–Crippen MR) is 45.6 cm³/mol. The van der Waals surface area contributed by atoms with Crippen LogP contribution in [0.25, 0.3) is 0 Å². The van der Waals surface area contributed by atoms with Gasteiger partial charge in [-0.1, -0.05) is 12.1 Å². The van der Waals surface area contributed by atoms with Gasteiger partial charge in [0, 0.05) is 18.5 Å². The van der Waals surface area contributed by atoms with Crippen LogP contribution in [0, 0.1) is 5.92 Å². The maximum absolute atomic E-state index is 5.54. The number of hydrogen-bond acceptors (Lipinski definition) is 3. The van der Waals surface area contributed by atoms with Crippen molar-refractivity contribution in [1.82, 2.24) is 5.16 Å². The number of aryl methyl sites for hydroxylation is 1. The second-order valence-corrected chi connectivity index (χ2v) is 3.58. The van der Waals surface area contributed by atoms with Gasteiger partial charge < -0.3 is 10.3 Å². The minimum atomic E-state index is 0.506. The Morgan fingerprint density at radius 3 is 3.25 bits per heavy atom. The molecule has 1 aliphatic rings. The minimum absolute atomic E-state index is 0.506. The van der Waals surface area contributed by atoms with Crippen LogP contribution in [0.5, 0.6) is 0 Å². The van der Waals surface area contributed by atoms with Crippen LogP contribution < -0.4 is 5.73 Å². The molecule has 66 valence electrons. The highest BCUT2D eigenvalue weighted by Crippen LogP contribution is 2.27. The van der Waals surface area contributed by atoms with Gasteiger partial charge >= 0.3 is 0 Å². The standard InChI is InChI=1S/C9H14N2O/c1-6-2-3-9-7(4-6)8(5-10)11-12-9/h6H,2-5,10H2,1H3/t6-/m1/s1. The summed E-state index contributed by atoms with van der Waals surface area (Å²) in [6, 6.07) is 0. The van der Waals surface area contributed by atoms with Crippen molar-refractivity contribution in [3.05, 3.63) is 17.0 Å². The lowest BCUT2D eigenvalue weighted by molar-refractivity contribution is 0.353. The molecule has 0 spiro atoms. The molecule has 0 bridgehead atoms. The third kappa shape index (κ3) is 1.14. The maximum Gasteiger partial charge on any atom is 0.140 e. The van der Waals surface area contributed by atoms with Crippen LogP contribution in [-0.2, 0) is 19.4 Å². The molecule has 2 rings (SSSR count). The van der Waals surface area contributed by atoms with E-state index >= 15 is 0 Å². The topological polar surface area (TPSA) is 52.0 Å². The molecule has 3 heteroatoms. The Bertz CT molecular complexity index is 267. The lowest BCUT2D eigenvalue weighted by Crippen LogP contribution is -2.12. The summed E-state index contributed by atoms with van der Waals surface area (Å²) in [7, 11) is 0. The summed E-state index contributed by atoms with van der Waals surface area (Å²) in [6.07, 6.45) is 3.33. The van der Waals surface area contributed by atoms with Gasteiger partial charge in [0.1, 0.15) is 11.5 Å². The Morgan fingerprint density at radius 1 is 1.67 bits per heavy atom. The van der Waals surface area contributed by atoms with E-state index in [1.807, 2.05) is 0 Å². The van der Waals surface area contributed by atoms with Crippen molar-refractivity contribution in [1.29, 1.82) is 0 Å². The van der Waals surface area contributed by atoms with E-state index in [0.29, 0.717) is 6.54 Å². The monoisotopic (exact) mass is 166 g/mol. The molecule has 1 aromatic heterocycles. The smallest absolute Gasteiger partial charge is 0.140 e. The van der Waals surface area contributed by atoms with Gasteiger partial charge in [-0.3, -0.25) is 0 Å². The van der Waals surface area contributed by atoms with Crippen molar-refractivity contribution in [2.45, 2.75) is 32.7 Å². The van der Waals surface area contributed by atoms with Gasteiger partial charge in [0.05, 0.1) is 0 Å². The molecule has 1 aliphatic carbocycles. The Hall–Kier alpha value is -0.830. The summed E-state index contributed by atoms with van der Waals surface area (Å²) in [5, 5.41) is 3.95. The van der Waals surface area contributed by atoms with Gasteiger partial charge in [0.15, 0.2) is 0 Å². The molecule has 0 fully saturated rings. The number of nitrogens with two attached hydrogens (primary N) is 1. The number of aromatic nitrogens is 1. The summed E-state index contributed by atoms with van der Waals surface area (Å²) in [4.78, 5) is 0. The average molecular weight is 166 g/mol. The zero-order valence-corrected chi connectivity index (χ0v) is 7.34. The van der Waals surface area contributed by atoms with Gasteiger partial charge in [0.2, 0.25) is 0 Å². The molecule has 1 aromatic rings. The highest BCUT2D eigenvalue weighted by molar-refractivity contribution is 5.25. The molecular weight excluding hydrogens is 152 g/mol. The number of fused-ring (bicyclic) bond motifs is 1. The molecule has 3 nitrogen and oxygen atoms in total. The van der Waals surface area contributed by atoms with Crippen molar-refractivity contribution < 1.29 is 4.52 Å². The molecule has 1 heterocycles. The van der Waals surface area contributed by atoms with Crippen molar-refractivity contribution in [2.24, 2.45) is 11.7 Å². The van der Waals surface area contributed by atoms with Crippen LogP contribution in [0.3, 0.4) is 0 Å². The first-order valence-electron chi connectivity index (χ1n) is 4.47. The van der Waals surface area contributed by atoms with E-state index in [1.165, 1.54) is 12.0 Å². The Morgan fingerprint density at radius 2 is 2.50 bits per heavy atom. The molecule has 0 unspecified atom stereocenters. The average Bonchev–Trinajstić information content (AvgIpc) is 2.46. The third-order valence-electron chi connectivity index (χ3n) is 2.56. The summed E-state index contributed by atoms with van der Waals surface area (Å²) in [6.45, 7) is 2.77. The first kappa shape index (κ1) is 7.80. The molecule has 0 amide bonds. The largest absolute Gasteiger partial charge is 0.361 e. The van der Waals surface area contributed by atoms with Gasteiger partial charge in [-0.15, -0.1) is 0 Å². The summed E-state index contributed by atoms with van der Waals surface area (Å²) >= 11 is 0. The fourth-order valence-corrected chi connectivity index (χ4v) is 1.80. The molecule has 1 atom stereocenters. The normalized spacial score (nSPS) is 22.3. The van der Waals surface area contributed by atoms with Crippen molar-refractivity contribution in [2.75, 3.05) is 0 Å². The van der Waals surface area contributed by atoms with E-state index in [1.54, 1.807) is 0 Å². The van der Waals surface area contributed by atoms with Gasteiger partial charge in [-0.25, -0.2) is 0 Å². The van der Waals surface area contributed by atoms with Crippen molar-refractivity contribution in [3.63, 3.8) is 0 Å². The Balaban J connectivity index is 2.34. The quantitative estimate of drug-likeness (QED) is 0.683. The van der Waals surface area contributed by atoms with Gasteiger partial charge in [-0.05, 0) is 18.8 Å². The van der Waals surface area contributed by atoms with Crippen LogP contribution in [0.4, 0.5) is 0 Å². The van der Waals surface area contributed by atoms with E-state index in [9.17, 15) is 0 Å². The van der Waals surface area contributed by atoms with Crippen LogP contribution >= 0.6 is 0 Å². The number of rotatable bonds is 1.